The molecule has 1 aliphatic heterocycles. The molecule has 1 aliphatic carbocycles. The van der Waals surface area contributed by atoms with Crippen molar-refractivity contribution in [2.24, 2.45) is 5.92 Å². The smallest absolute Gasteiger partial charge is 0.237 e. The molecule has 2 aliphatic rings. The molecule has 5 heteroatoms. The van der Waals surface area contributed by atoms with Gasteiger partial charge in [0, 0.05) is 39.6 Å². The standard InChI is InChI=1S/C16H27N3O2/c1-3-8-17-16(21)15(14-6-4-5-7-14)19-11-9-18(10-12-19)13(2)20/h3,14-15H,1,4-12H2,2H3,(H,17,21). The second-order valence-electron chi connectivity index (χ2n) is 6.07. The summed E-state index contributed by atoms with van der Waals surface area (Å²) in [5, 5.41) is 2.96. The Morgan fingerprint density at radius 1 is 1.24 bits per heavy atom. The van der Waals surface area contributed by atoms with Crippen LogP contribution in [-0.4, -0.2) is 60.4 Å². The maximum absolute atomic E-state index is 12.5. The van der Waals surface area contributed by atoms with E-state index in [4.69, 9.17) is 0 Å². The molecule has 0 radical (unpaired) electrons. The van der Waals surface area contributed by atoms with Gasteiger partial charge in [0.05, 0.1) is 6.04 Å². The Kier molecular flexibility index (Phi) is 5.79. The minimum atomic E-state index is -0.0402. The van der Waals surface area contributed by atoms with E-state index in [-0.39, 0.29) is 17.9 Å². The number of nitrogens with one attached hydrogen (secondary N) is 1. The van der Waals surface area contributed by atoms with Crippen LogP contribution < -0.4 is 5.32 Å². The molecular weight excluding hydrogens is 266 g/mol. The van der Waals surface area contributed by atoms with Gasteiger partial charge in [0.2, 0.25) is 11.8 Å². The quantitative estimate of drug-likeness (QED) is 0.770. The summed E-state index contributed by atoms with van der Waals surface area (Å²) in [5.41, 5.74) is 0. The van der Waals surface area contributed by atoms with E-state index >= 15 is 0 Å². The Balaban J connectivity index is 2.00. The molecule has 1 saturated heterocycles. The second-order valence-corrected chi connectivity index (χ2v) is 6.07. The van der Waals surface area contributed by atoms with Gasteiger partial charge in [-0.1, -0.05) is 18.9 Å². The lowest BCUT2D eigenvalue weighted by Gasteiger charge is -2.40. The lowest BCUT2D eigenvalue weighted by Crippen LogP contribution is -2.57. The summed E-state index contributed by atoms with van der Waals surface area (Å²) < 4.78 is 0. The average molecular weight is 293 g/mol. The minimum absolute atomic E-state index is 0.0402. The summed E-state index contributed by atoms with van der Waals surface area (Å²) in [4.78, 5) is 28.1. The number of carbonyl (C=O) groups is 2. The summed E-state index contributed by atoms with van der Waals surface area (Å²) in [6, 6.07) is -0.0402. The van der Waals surface area contributed by atoms with Crippen LogP contribution in [0.4, 0.5) is 0 Å². The van der Waals surface area contributed by atoms with E-state index in [0.717, 1.165) is 39.0 Å². The fourth-order valence-corrected chi connectivity index (χ4v) is 3.54. The molecule has 0 aromatic rings. The van der Waals surface area contributed by atoms with Crippen molar-refractivity contribution >= 4 is 11.8 Å². The van der Waals surface area contributed by atoms with Crippen molar-refractivity contribution in [3.63, 3.8) is 0 Å². The van der Waals surface area contributed by atoms with Gasteiger partial charge >= 0.3 is 0 Å². The molecule has 1 unspecified atom stereocenters. The van der Waals surface area contributed by atoms with Crippen molar-refractivity contribution in [3.05, 3.63) is 12.7 Å². The highest BCUT2D eigenvalue weighted by Crippen LogP contribution is 2.31. The van der Waals surface area contributed by atoms with E-state index in [1.54, 1.807) is 13.0 Å². The summed E-state index contributed by atoms with van der Waals surface area (Å²) in [6.45, 7) is 8.84. The zero-order valence-electron chi connectivity index (χ0n) is 13.0. The van der Waals surface area contributed by atoms with Crippen molar-refractivity contribution in [1.29, 1.82) is 0 Å². The first kappa shape index (κ1) is 16.0. The SMILES string of the molecule is C=CCNC(=O)C(C1CCCC1)N1CCN(C(C)=O)CC1. The summed E-state index contributed by atoms with van der Waals surface area (Å²) in [7, 11) is 0. The van der Waals surface area contributed by atoms with Gasteiger partial charge in [-0.2, -0.15) is 0 Å². The topological polar surface area (TPSA) is 52.7 Å². The van der Waals surface area contributed by atoms with Gasteiger partial charge in [-0.05, 0) is 18.8 Å². The van der Waals surface area contributed by atoms with Crippen LogP contribution in [0.3, 0.4) is 0 Å². The van der Waals surface area contributed by atoms with Crippen molar-refractivity contribution < 1.29 is 9.59 Å². The normalized spacial score (nSPS) is 22.0. The Morgan fingerprint density at radius 2 is 1.86 bits per heavy atom. The molecule has 2 amide bonds. The Hall–Kier alpha value is -1.36. The molecule has 118 valence electrons. The van der Waals surface area contributed by atoms with Gasteiger partial charge in [-0.3, -0.25) is 14.5 Å². The van der Waals surface area contributed by atoms with Crippen LogP contribution in [0.15, 0.2) is 12.7 Å². The molecule has 0 bridgehead atoms. The van der Waals surface area contributed by atoms with E-state index in [1.165, 1.54) is 12.8 Å². The second kappa shape index (κ2) is 7.59. The van der Waals surface area contributed by atoms with Gasteiger partial charge in [0.25, 0.3) is 0 Å². The first-order valence-corrected chi connectivity index (χ1v) is 8.01. The molecule has 5 nitrogen and oxygen atoms in total. The zero-order chi connectivity index (χ0) is 15.2. The molecule has 2 fully saturated rings. The Labute approximate surface area is 127 Å². The fraction of sp³-hybridized carbons (Fsp3) is 0.750. The predicted molar refractivity (Wildman–Crippen MR) is 82.8 cm³/mol. The van der Waals surface area contributed by atoms with Gasteiger partial charge in [-0.15, -0.1) is 6.58 Å². The number of piperazine rings is 1. The molecule has 21 heavy (non-hydrogen) atoms. The lowest BCUT2D eigenvalue weighted by atomic mass is 9.95. The number of carbonyl (C=O) groups excluding carboxylic acids is 2. The predicted octanol–water partition coefficient (Wildman–Crippen LogP) is 1.01. The van der Waals surface area contributed by atoms with Gasteiger partial charge in [0.15, 0.2) is 0 Å². The van der Waals surface area contributed by atoms with E-state index in [1.807, 2.05) is 4.90 Å². The Morgan fingerprint density at radius 3 is 2.38 bits per heavy atom. The highest BCUT2D eigenvalue weighted by Gasteiger charge is 2.36. The number of amides is 2. The van der Waals surface area contributed by atoms with Gasteiger partial charge in [-0.25, -0.2) is 0 Å². The molecule has 0 spiro atoms. The minimum Gasteiger partial charge on any atom is -0.351 e. The van der Waals surface area contributed by atoms with Crippen LogP contribution in [0.1, 0.15) is 32.6 Å². The molecule has 0 aromatic heterocycles. The van der Waals surface area contributed by atoms with Crippen molar-refractivity contribution in [3.8, 4) is 0 Å². The summed E-state index contributed by atoms with van der Waals surface area (Å²) >= 11 is 0. The number of nitrogens with zero attached hydrogens (tertiary/aromatic N) is 2. The Bertz CT molecular complexity index is 383. The molecule has 0 aromatic carbocycles. The van der Waals surface area contributed by atoms with E-state index in [2.05, 4.69) is 16.8 Å². The monoisotopic (exact) mass is 293 g/mol. The van der Waals surface area contributed by atoms with Crippen molar-refractivity contribution in [2.45, 2.75) is 38.6 Å². The van der Waals surface area contributed by atoms with E-state index < -0.39 is 0 Å². The molecule has 1 atom stereocenters. The lowest BCUT2D eigenvalue weighted by molar-refractivity contribution is -0.133. The fourth-order valence-electron chi connectivity index (χ4n) is 3.54. The van der Waals surface area contributed by atoms with Gasteiger partial charge < -0.3 is 10.2 Å². The average Bonchev–Trinajstić information content (AvgIpc) is 3.00. The first-order valence-electron chi connectivity index (χ1n) is 8.01. The van der Waals surface area contributed by atoms with Crippen LogP contribution in [0.5, 0.6) is 0 Å². The van der Waals surface area contributed by atoms with Crippen LogP contribution in [0, 0.1) is 5.92 Å². The van der Waals surface area contributed by atoms with Crippen LogP contribution in [0.2, 0.25) is 0 Å². The molecule has 1 heterocycles. The first-order chi connectivity index (χ1) is 10.1. The third-order valence-electron chi connectivity index (χ3n) is 4.69. The molecule has 1 N–H and O–H groups in total. The molecule has 1 saturated carbocycles. The highest BCUT2D eigenvalue weighted by molar-refractivity contribution is 5.82. The number of hydrogen-bond acceptors (Lipinski definition) is 3. The highest BCUT2D eigenvalue weighted by atomic mass is 16.2. The third kappa shape index (κ3) is 4.06. The van der Waals surface area contributed by atoms with Crippen molar-refractivity contribution in [2.75, 3.05) is 32.7 Å². The maximum atomic E-state index is 12.5. The third-order valence-corrected chi connectivity index (χ3v) is 4.69. The summed E-state index contributed by atoms with van der Waals surface area (Å²) in [5.74, 6) is 0.708. The van der Waals surface area contributed by atoms with Crippen LogP contribution in [0.25, 0.3) is 0 Å². The molecular formula is C16H27N3O2. The number of rotatable bonds is 5. The number of hydrogen-bond donors (Lipinski definition) is 1. The van der Waals surface area contributed by atoms with E-state index in [9.17, 15) is 9.59 Å². The van der Waals surface area contributed by atoms with Crippen LogP contribution >= 0.6 is 0 Å². The van der Waals surface area contributed by atoms with Crippen LogP contribution in [-0.2, 0) is 9.59 Å². The van der Waals surface area contributed by atoms with E-state index in [0.29, 0.717) is 12.5 Å². The van der Waals surface area contributed by atoms with Gasteiger partial charge in [0.1, 0.15) is 0 Å². The summed E-state index contributed by atoms with van der Waals surface area (Å²) in [6.07, 6.45) is 6.45. The molecule has 2 rings (SSSR count). The zero-order valence-corrected chi connectivity index (χ0v) is 13.0. The largest absolute Gasteiger partial charge is 0.351 e. The maximum Gasteiger partial charge on any atom is 0.237 e. The van der Waals surface area contributed by atoms with Crippen molar-refractivity contribution in [1.82, 2.24) is 15.1 Å².